The number of nitro benzene ring substituents is 1. The van der Waals surface area contributed by atoms with Crippen LogP contribution in [0, 0.1) is 10.1 Å². The van der Waals surface area contributed by atoms with Crippen LogP contribution < -0.4 is 4.74 Å². The number of non-ortho nitro benzene ring substituents is 1. The van der Waals surface area contributed by atoms with Crippen molar-refractivity contribution in [3.8, 4) is 11.5 Å². The molecule has 9 heteroatoms. The lowest BCUT2D eigenvalue weighted by Gasteiger charge is -2.15. The van der Waals surface area contributed by atoms with Gasteiger partial charge < -0.3 is 14.0 Å². The summed E-state index contributed by atoms with van der Waals surface area (Å²) in [5.41, 5.74) is 0.773. The predicted octanol–water partition coefficient (Wildman–Crippen LogP) is 6.84. The predicted molar refractivity (Wildman–Crippen MR) is 126 cm³/mol. The topological polar surface area (TPSA) is 79.4 Å². The molecule has 0 unspecified atom stereocenters. The second kappa shape index (κ2) is 10.7. The highest BCUT2D eigenvalue weighted by molar-refractivity contribution is 9.10. The first-order valence-electron chi connectivity index (χ1n) is 9.88. The molecule has 7 nitrogen and oxygen atoms in total. The van der Waals surface area contributed by atoms with E-state index in [4.69, 9.17) is 9.47 Å². The van der Waals surface area contributed by atoms with Crippen LogP contribution in [0.5, 0.6) is 11.5 Å². The van der Waals surface area contributed by atoms with Crippen LogP contribution in [0.25, 0.3) is 11.0 Å². The molecule has 0 aliphatic carbocycles. The van der Waals surface area contributed by atoms with E-state index in [1.165, 1.54) is 12.1 Å². The first-order valence-corrected chi connectivity index (χ1v) is 14.4. The molecule has 0 bridgehead atoms. The van der Waals surface area contributed by atoms with Crippen LogP contribution in [-0.2, 0) is 11.5 Å². The van der Waals surface area contributed by atoms with E-state index in [0.717, 1.165) is 28.2 Å². The number of benzene rings is 1. The molecular weight excluding hydrogens is 466 g/mol. The maximum atomic E-state index is 10.8. The Morgan fingerprint density at radius 2 is 1.83 bits per heavy atom. The zero-order chi connectivity index (χ0) is 22.3. The first kappa shape index (κ1) is 24.0. The van der Waals surface area contributed by atoms with Crippen LogP contribution >= 0.6 is 15.9 Å². The van der Waals surface area contributed by atoms with Gasteiger partial charge >= 0.3 is 0 Å². The quantitative estimate of drug-likeness (QED) is 0.148. The molecule has 3 rings (SSSR count). The van der Waals surface area contributed by atoms with Gasteiger partial charge in [-0.3, -0.25) is 10.1 Å². The smallest absolute Gasteiger partial charge is 0.269 e. The lowest BCUT2D eigenvalue weighted by atomic mass is 10.3. The maximum Gasteiger partial charge on any atom is 0.269 e. The highest BCUT2D eigenvalue weighted by Gasteiger charge is 2.16. The van der Waals surface area contributed by atoms with Crippen LogP contribution in [0.15, 0.2) is 47.2 Å². The number of nitro groups is 1. The third kappa shape index (κ3) is 6.38. The Bertz CT molecular complexity index is 984. The van der Waals surface area contributed by atoms with Crippen molar-refractivity contribution in [2.24, 2.45) is 0 Å². The fraction of sp³-hybridized carbons (Fsp3) is 0.381. The third-order valence-electron chi connectivity index (χ3n) is 4.17. The number of ether oxygens (including phenoxy) is 2. The van der Waals surface area contributed by atoms with E-state index < -0.39 is 13.0 Å². The van der Waals surface area contributed by atoms with Gasteiger partial charge in [-0.05, 0) is 40.2 Å². The molecule has 0 amide bonds. The Morgan fingerprint density at radius 1 is 1.17 bits per heavy atom. The van der Waals surface area contributed by atoms with Crippen molar-refractivity contribution in [3.63, 3.8) is 0 Å². The Hall–Kier alpha value is -2.23. The van der Waals surface area contributed by atoms with E-state index >= 15 is 0 Å². The summed E-state index contributed by atoms with van der Waals surface area (Å²) in [5.74, 6) is 1.13. The molecule has 0 saturated heterocycles. The summed E-state index contributed by atoms with van der Waals surface area (Å²) < 4.78 is 14.6. The van der Waals surface area contributed by atoms with Crippen LogP contribution in [0.1, 0.15) is 13.8 Å². The number of nitrogens with zero attached hydrogens (tertiary/aromatic N) is 3. The second-order valence-electron chi connectivity index (χ2n) is 7.66. The SMILES string of the molecule is CC.C[Si](C)(C)CCOCn1cc(Br)c2c(Oc3ccc([N+](=O)[O-])cc3)ccnc21. The summed E-state index contributed by atoms with van der Waals surface area (Å²) in [6.07, 6.45) is 3.60. The average molecular weight is 494 g/mol. The molecule has 2 aromatic heterocycles. The van der Waals surface area contributed by atoms with E-state index in [1.54, 1.807) is 24.4 Å². The maximum absolute atomic E-state index is 10.8. The van der Waals surface area contributed by atoms with Crippen molar-refractivity contribution in [1.29, 1.82) is 0 Å². The van der Waals surface area contributed by atoms with Gasteiger partial charge in [0.1, 0.15) is 23.9 Å². The number of aromatic nitrogens is 2. The number of hydrogen-bond donors (Lipinski definition) is 0. The zero-order valence-electron chi connectivity index (χ0n) is 18.0. The van der Waals surface area contributed by atoms with Crippen molar-refractivity contribution < 1.29 is 14.4 Å². The molecule has 0 aliphatic rings. The second-order valence-corrected chi connectivity index (χ2v) is 14.1. The minimum atomic E-state index is -1.13. The number of fused-ring (bicyclic) bond motifs is 1. The molecule has 0 N–H and O–H groups in total. The molecule has 0 aliphatic heterocycles. The van der Waals surface area contributed by atoms with Gasteiger partial charge in [0.15, 0.2) is 0 Å². The number of hydrogen-bond acceptors (Lipinski definition) is 5. The Kier molecular flexibility index (Phi) is 8.57. The Balaban J connectivity index is 0.00000155. The van der Waals surface area contributed by atoms with Gasteiger partial charge in [0.25, 0.3) is 5.69 Å². The molecule has 3 aromatic rings. The van der Waals surface area contributed by atoms with Gasteiger partial charge in [0, 0.05) is 43.7 Å². The molecule has 30 heavy (non-hydrogen) atoms. The van der Waals surface area contributed by atoms with E-state index in [1.807, 2.05) is 24.6 Å². The molecule has 0 radical (unpaired) electrons. The van der Waals surface area contributed by atoms with Gasteiger partial charge in [-0.1, -0.05) is 33.5 Å². The van der Waals surface area contributed by atoms with Crippen molar-refractivity contribution in [3.05, 3.63) is 57.3 Å². The molecule has 2 heterocycles. The van der Waals surface area contributed by atoms with Crippen molar-refractivity contribution in [2.75, 3.05) is 6.61 Å². The van der Waals surface area contributed by atoms with Crippen molar-refractivity contribution >= 4 is 40.7 Å². The summed E-state index contributed by atoms with van der Waals surface area (Å²) in [6.45, 7) is 12.1. The summed E-state index contributed by atoms with van der Waals surface area (Å²) >= 11 is 3.57. The zero-order valence-corrected chi connectivity index (χ0v) is 20.6. The van der Waals surface area contributed by atoms with Gasteiger partial charge in [-0.2, -0.15) is 0 Å². The average Bonchev–Trinajstić information content (AvgIpc) is 3.03. The highest BCUT2D eigenvalue weighted by atomic mass is 79.9. The monoisotopic (exact) mass is 493 g/mol. The van der Waals surface area contributed by atoms with Gasteiger partial charge in [0.05, 0.1) is 10.3 Å². The number of halogens is 1. The fourth-order valence-electron chi connectivity index (χ4n) is 2.63. The summed E-state index contributed by atoms with van der Waals surface area (Å²) in [5, 5.41) is 11.6. The van der Waals surface area contributed by atoms with Gasteiger partial charge in [-0.25, -0.2) is 4.98 Å². The lowest BCUT2D eigenvalue weighted by molar-refractivity contribution is -0.384. The van der Waals surface area contributed by atoms with Crippen LogP contribution in [0.4, 0.5) is 5.69 Å². The standard InChI is InChI=1S/C19H22BrN3O4Si.C2H6/c1-28(2,3)11-10-26-13-22-12-16(20)18-17(8-9-21-19(18)22)27-15-6-4-14(5-7-15)23(24)25;1-2/h4-9,12H,10-11,13H2,1-3H3;1-2H3. The van der Waals surface area contributed by atoms with Crippen LogP contribution in [-0.4, -0.2) is 29.2 Å². The molecule has 162 valence electrons. The Labute approximate surface area is 186 Å². The van der Waals surface area contributed by atoms with E-state index in [9.17, 15) is 10.1 Å². The van der Waals surface area contributed by atoms with E-state index in [0.29, 0.717) is 18.2 Å². The van der Waals surface area contributed by atoms with Crippen LogP contribution in [0.3, 0.4) is 0 Å². The minimum absolute atomic E-state index is 0.0232. The lowest BCUT2D eigenvalue weighted by Crippen LogP contribution is -2.22. The number of rotatable bonds is 8. The molecule has 1 aromatic carbocycles. The largest absolute Gasteiger partial charge is 0.456 e. The van der Waals surface area contributed by atoms with Gasteiger partial charge in [-0.15, -0.1) is 0 Å². The summed E-state index contributed by atoms with van der Waals surface area (Å²) in [4.78, 5) is 14.8. The highest BCUT2D eigenvalue weighted by Crippen LogP contribution is 2.35. The normalized spacial score (nSPS) is 11.1. The van der Waals surface area contributed by atoms with Crippen molar-refractivity contribution in [1.82, 2.24) is 9.55 Å². The summed E-state index contributed by atoms with van der Waals surface area (Å²) in [6, 6.07) is 8.87. The summed E-state index contributed by atoms with van der Waals surface area (Å²) in [7, 11) is -1.13. The van der Waals surface area contributed by atoms with Gasteiger partial charge in [0.2, 0.25) is 0 Å². The molecular formula is C21H28BrN3O4Si. The molecule has 0 spiro atoms. The number of pyridine rings is 1. The molecule has 0 fully saturated rings. The molecule has 0 saturated carbocycles. The fourth-order valence-corrected chi connectivity index (χ4v) is 4.00. The minimum Gasteiger partial charge on any atom is -0.456 e. The van der Waals surface area contributed by atoms with Crippen molar-refractivity contribution in [2.45, 2.75) is 46.3 Å². The Morgan fingerprint density at radius 3 is 2.43 bits per heavy atom. The van der Waals surface area contributed by atoms with E-state index in [-0.39, 0.29) is 5.69 Å². The third-order valence-corrected chi connectivity index (χ3v) is 6.48. The molecule has 0 atom stereocenters. The van der Waals surface area contributed by atoms with E-state index in [2.05, 4.69) is 40.6 Å². The first-order chi connectivity index (χ1) is 14.2. The van der Waals surface area contributed by atoms with Crippen LogP contribution in [0.2, 0.25) is 25.7 Å².